The van der Waals surface area contributed by atoms with E-state index in [-0.39, 0.29) is 0 Å². The average molecular weight is 187 g/mol. The lowest BCUT2D eigenvalue weighted by Gasteiger charge is -2.26. The number of hydrogen-bond acceptors (Lipinski definition) is 2. The van der Waals surface area contributed by atoms with Crippen LogP contribution in [-0.2, 0) is 0 Å². The Bertz CT molecular complexity index is 132. The normalized spacial score (nSPS) is 14.9. The molecule has 0 N–H and O–H groups in total. The lowest BCUT2D eigenvalue weighted by Crippen LogP contribution is -2.33. The number of hydrogen-bond donors (Lipinski definition) is 1. The summed E-state index contributed by atoms with van der Waals surface area (Å²) in [6.45, 7) is 7.80. The van der Waals surface area contributed by atoms with Crippen LogP contribution in [0.4, 0.5) is 0 Å². The Hall–Kier alpha value is 0.0500. The average Bonchev–Trinajstić information content (AvgIpc) is 2.03. The minimum Gasteiger partial charge on any atom is -0.300 e. The summed E-state index contributed by atoms with van der Waals surface area (Å²) in [5, 5.41) is 0. The smallest absolute Gasteiger partial charge is 0.0163 e. The fraction of sp³-hybridized carbons (Fsp3) is 0.800. The van der Waals surface area contributed by atoms with Crippen LogP contribution in [0, 0.1) is 5.92 Å². The molecule has 1 atom stereocenters. The molecule has 0 amide bonds. The summed E-state index contributed by atoms with van der Waals surface area (Å²) >= 11 is 4.11. The van der Waals surface area contributed by atoms with Crippen LogP contribution in [0.25, 0.3) is 0 Å². The van der Waals surface area contributed by atoms with Gasteiger partial charge in [-0.1, -0.05) is 26.0 Å². The first-order valence-electron chi connectivity index (χ1n) is 4.55. The Morgan fingerprint density at radius 2 is 1.83 bits per heavy atom. The molecule has 0 aliphatic rings. The largest absolute Gasteiger partial charge is 0.300 e. The van der Waals surface area contributed by atoms with E-state index in [0.29, 0.717) is 6.04 Å². The van der Waals surface area contributed by atoms with Gasteiger partial charge in [0.15, 0.2) is 0 Å². The molecule has 0 fully saturated rings. The van der Waals surface area contributed by atoms with Crippen molar-refractivity contribution in [3.63, 3.8) is 0 Å². The monoisotopic (exact) mass is 187 g/mol. The Labute approximate surface area is 82.2 Å². The molecule has 12 heavy (non-hydrogen) atoms. The molecule has 0 aliphatic carbocycles. The van der Waals surface area contributed by atoms with Crippen LogP contribution in [0.5, 0.6) is 0 Å². The van der Waals surface area contributed by atoms with E-state index in [4.69, 9.17) is 0 Å². The summed E-state index contributed by atoms with van der Waals surface area (Å²) in [5.41, 5.74) is 0. The highest BCUT2D eigenvalue weighted by molar-refractivity contribution is 7.80. The van der Waals surface area contributed by atoms with E-state index >= 15 is 0 Å². The highest BCUT2D eigenvalue weighted by Crippen LogP contribution is 2.07. The van der Waals surface area contributed by atoms with Crippen LogP contribution < -0.4 is 0 Å². The summed E-state index contributed by atoms with van der Waals surface area (Å²) < 4.78 is 0. The Morgan fingerprint density at radius 1 is 1.25 bits per heavy atom. The summed E-state index contributed by atoms with van der Waals surface area (Å²) in [7, 11) is 2.16. The molecule has 0 spiro atoms. The van der Waals surface area contributed by atoms with Gasteiger partial charge in [-0.2, -0.15) is 12.6 Å². The molecule has 0 saturated carbocycles. The van der Waals surface area contributed by atoms with Gasteiger partial charge in [0.1, 0.15) is 0 Å². The quantitative estimate of drug-likeness (QED) is 0.511. The third-order valence-electron chi connectivity index (χ3n) is 2.33. The fourth-order valence-corrected chi connectivity index (χ4v) is 1.14. The maximum atomic E-state index is 4.11. The first kappa shape index (κ1) is 12.0. The molecule has 0 aromatic carbocycles. The molecule has 2 heteroatoms. The summed E-state index contributed by atoms with van der Waals surface area (Å²) in [6, 6.07) is 0.648. The van der Waals surface area contributed by atoms with Crippen LogP contribution in [-0.4, -0.2) is 30.3 Å². The molecular weight excluding hydrogens is 166 g/mol. The van der Waals surface area contributed by atoms with Crippen LogP contribution >= 0.6 is 12.6 Å². The van der Waals surface area contributed by atoms with Gasteiger partial charge in [0, 0.05) is 18.3 Å². The van der Waals surface area contributed by atoms with Gasteiger partial charge in [-0.3, -0.25) is 4.90 Å². The molecule has 0 rings (SSSR count). The van der Waals surface area contributed by atoms with E-state index < -0.39 is 0 Å². The van der Waals surface area contributed by atoms with E-state index in [1.54, 1.807) is 0 Å². The molecule has 0 aromatic heterocycles. The molecule has 72 valence electrons. The van der Waals surface area contributed by atoms with Gasteiger partial charge >= 0.3 is 0 Å². The van der Waals surface area contributed by atoms with Crippen LogP contribution in [0.15, 0.2) is 12.2 Å². The molecule has 1 unspecified atom stereocenters. The highest BCUT2D eigenvalue weighted by Gasteiger charge is 2.10. The predicted octanol–water partition coefficient (Wildman–Crippen LogP) is 2.45. The van der Waals surface area contributed by atoms with Gasteiger partial charge in [0.25, 0.3) is 0 Å². The molecule has 0 bridgehead atoms. The van der Waals surface area contributed by atoms with Crippen LogP contribution in [0.2, 0.25) is 0 Å². The van der Waals surface area contributed by atoms with Gasteiger partial charge in [0.2, 0.25) is 0 Å². The molecule has 0 heterocycles. The van der Waals surface area contributed by atoms with E-state index in [0.717, 1.165) is 18.2 Å². The van der Waals surface area contributed by atoms with Crippen molar-refractivity contribution in [1.82, 2.24) is 4.90 Å². The summed E-state index contributed by atoms with van der Waals surface area (Å²) in [4.78, 5) is 2.35. The lowest BCUT2D eigenvalue weighted by atomic mass is 10.1. The van der Waals surface area contributed by atoms with E-state index in [1.807, 2.05) is 0 Å². The number of rotatable bonds is 5. The van der Waals surface area contributed by atoms with Crippen molar-refractivity contribution in [1.29, 1.82) is 0 Å². The summed E-state index contributed by atoms with van der Waals surface area (Å²) in [6.07, 6.45) is 4.26. The SMILES string of the molecule is CC(C)C(C)N(C)CC=CCS. The number of thiol groups is 1. The Morgan fingerprint density at radius 3 is 2.25 bits per heavy atom. The summed E-state index contributed by atoms with van der Waals surface area (Å²) in [5.74, 6) is 1.56. The van der Waals surface area contributed by atoms with E-state index in [9.17, 15) is 0 Å². The first-order valence-corrected chi connectivity index (χ1v) is 5.19. The second-order valence-corrected chi connectivity index (χ2v) is 3.94. The zero-order valence-corrected chi connectivity index (χ0v) is 9.51. The van der Waals surface area contributed by atoms with Gasteiger partial charge in [-0.25, -0.2) is 0 Å². The highest BCUT2D eigenvalue weighted by atomic mass is 32.1. The lowest BCUT2D eigenvalue weighted by molar-refractivity contribution is 0.228. The van der Waals surface area contributed by atoms with Crippen molar-refractivity contribution < 1.29 is 0 Å². The molecule has 0 aromatic rings. The van der Waals surface area contributed by atoms with Crippen molar-refractivity contribution in [2.45, 2.75) is 26.8 Å². The zero-order valence-electron chi connectivity index (χ0n) is 8.62. The van der Waals surface area contributed by atoms with Crippen molar-refractivity contribution in [2.24, 2.45) is 5.92 Å². The standard InChI is InChI=1S/C10H21NS/c1-9(2)10(3)11(4)7-5-6-8-12/h5-6,9-10,12H,7-8H2,1-4H3. The van der Waals surface area contributed by atoms with Gasteiger partial charge < -0.3 is 0 Å². The fourth-order valence-electron chi connectivity index (χ4n) is 0.991. The maximum absolute atomic E-state index is 4.11. The van der Waals surface area contributed by atoms with Gasteiger partial charge in [0.05, 0.1) is 0 Å². The Balaban J connectivity index is 3.71. The third kappa shape index (κ3) is 4.83. The minimum atomic E-state index is 0.648. The van der Waals surface area contributed by atoms with Crippen molar-refractivity contribution in [3.8, 4) is 0 Å². The molecular formula is C10H21NS. The minimum absolute atomic E-state index is 0.648. The van der Waals surface area contributed by atoms with Gasteiger partial charge in [-0.05, 0) is 19.9 Å². The number of likely N-dealkylation sites (N-methyl/N-ethyl adjacent to an activating group) is 1. The number of nitrogens with zero attached hydrogens (tertiary/aromatic N) is 1. The van der Waals surface area contributed by atoms with Gasteiger partial charge in [-0.15, -0.1) is 0 Å². The van der Waals surface area contributed by atoms with Crippen molar-refractivity contribution in [2.75, 3.05) is 19.3 Å². The first-order chi connectivity index (χ1) is 5.59. The Kier molecular flexibility index (Phi) is 6.58. The maximum Gasteiger partial charge on any atom is 0.0163 e. The molecule has 0 saturated heterocycles. The van der Waals surface area contributed by atoms with E-state index in [2.05, 4.69) is 57.5 Å². The predicted molar refractivity (Wildman–Crippen MR) is 59.9 cm³/mol. The van der Waals surface area contributed by atoms with Crippen molar-refractivity contribution in [3.05, 3.63) is 12.2 Å². The van der Waals surface area contributed by atoms with E-state index in [1.165, 1.54) is 0 Å². The zero-order chi connectivity index (χ0) is 9.56. The van der Waals surface area contributed by atoms with Crippen molar-refractivity contribution >= 4 is 12.6 Å². The second-order valence-electron chi connectivity index (χ2n) is 3.58. The third-order valence-corrected chi connectivity index (χ3v) is 2.54. The molecule has 1 nitrogen and oxygen atoms in total. The molecule has 0 radical (unpaired) electrons. The van der Waals surface area contributed by atoms with Crippen LogP contribution in [0.3, 0.4) is 0 Å². The van der Waals surface area contributed by atoms with Crippen LogP contribution in [0.1, 0.15) is 20.8 Å². The molecule has 0 aliphatic heterocycles. The second kappa shape index (κ2) is 6.55. The topological polar surface area (TPSA) is 3.24 Å².